The Bertz CT molecular complexity index is 519. The number of ether oxygens (including phenoxy) is 2. The molecule has 3 rings (SSSR count). The molecule has 1 saturated carbocycles. The summed E-state index contributed by atoms with van der Waals surface area (Å²) in [5, 5.41) is 0.478. The molecular formula is C17H21ClO3. The molecule has 0 spiro atoms. The van der Waals surface area contributed by atoms with E-state index in [-0.39, 0.29) is 11.7 Å². The summed E-state index contributed by atoms with van der Waals surface area (Å²) in [5.74, 6) is 1.55. The number of Topliss-reactive ketones (excluding diaryl/α,β-unsaturated/α-hetero) is 1. The summed E-state index contributed by atoms with van der Waals surface area (Å²) in [6.45, 7) is 1.05. The van der Waals surface area contributed by atoms with Crippen LogP contribution in [0, 0.1) is 5.92 Å². The summed E-state index contributed by atoms with van der Waals surface area (Å²) in [6.07, 6.45) is 7.99. The Morgan fingerprint density at radius 1 is 0.952 bits per heavy atom. The van der Waals surface area contributed by atoms with Gasteiger partial charge in [-0.15, -0.1) is 0 Å². The van der Waals surface area contributed by atoms with Gasteiger partial charge < -0.3 is 9.47 Å². The molecule has 0 amide bonds. The van der Waals surface area contributed by atoms with E-state index in [1.54, 1.807) is 12.1 Å². The van der Waals surface area contributed by atoms with E-state index >= 15 is 0 Å². The van der Waals surface area contributed by atoms with E-state index in [2.05, 4.69) is 0 Å². The van der Waals surface area contributed by atoms with Crippen molar-refractivity contribution in [1.82, 2.24) is 0 Å². The molecule has 0 unspecified atom stereocenters. The van der Waals surface area contributed by atoms with E-state index in [9.17, 15) is 4.79 Å². The Hall–Kier alpha value is -1.22. The third kappa shape index (κ3) is 3.34. The summed E-state index contributed by atoms with van der Waals surface area (Å²) in [4.78, 5) is 12.8. The second-order valence-corrected chi connectivity index (χ2v) is 6.29. The van der Waals surface area contributed by atoms with E-state index < -0.39 is 0 Å². The zero-order valence-corrected chi connectivity index (χ0v) is 13.0. The molecule has 21 heavy (non-hydrogen) atoms. The molecule has 1 heterocycles. The highest BCUT2D eigenvalue weighted by atomic mass is 35.5. The van der Waals surface area contributed by atoms with Gasteiger partial charge in [0.15, 0.2) is 17.3 Å². The molecule has 3 nitrogen and oxygen atoms in total. The summed E-state index contributed by atoms with van der Waals surface area (Å²) >= 11 is 6.29. The molecule has 0 N–H and O–H groups in total. The van der Waals surface area contributed by atoms with Gasteiger partial charge in [0.25, 0.3) is 0 Å². The van der Waals surface area contributed by atoms with Crippen molar-refractivity contribution in [3.63, 3.8) is 0 Å². The first-order chi connectivity index (χ1) is 10.3. The normalized spacial score (nSPS) is 19.7. The van der Waals surface area contributed by atoms with Crippen molar-refractivity contribution in [3.8, 4) is 11.5 Å². The lowest BCUT2D eigenvalue weighted by Crippen LogP contribution is -2.19. The lowest BCUT2D eigenvalue weighted by Gasteiger charge is -2.22. The molecule has 0 radical (unpaired) electrons. The Labute approximate surface area is 130 Å². The summed E-state index contributed by atoms with van der Waals surface area (Å²) in [5.41, 5.74) is 0.589. The van der Waals surface area contributed by atoms with Gasteiger partial charge in [-0.05, 0) is 18.9 Å². The minimum absolute atomic E-state index is 0.102. The van der Waals surface area contributed by atoms with Gasteiger partial charge in [-0.1, -0.05) is 43.7 Å². The minimum atomic E-state index is 0.102. The largest absolute Gasteiger partial charge is 0.486 e. The van der Waals surface area contributed by atoms with Crippen LogP contribution in [0.1, 0.15) is 55.3 Å². The maximum atomic E-state index is 12.8. The van der Waals surface area contributed by atoms with Crippen molar-refractivity contribution in [2.24, 2.45) is 5.92 Å². The first-order valence-corrected chi connectivity index (χ1v) is 8.27. The van der Waals surface area contributed by atoms with Gasteiger partial charge in [0, 0.05) is 17.5 Å². The van der Waals surface area contributed by atoms with Gasteiger partial charge in [-0.25, -0.2) is 0 Å². The van der Waals surface area contributed by atoms with Gasteiger partial charge in [-0.2, -0.15) is 0 Å². The third-order valence-electron chi connectivity index (χ3n) is 4.37. The maximum absolute atomic E-state index is 12.8. The van der Waals surface area contributed by atoms with Gasteiger partial charge in [0.1, 0.15) is 13.2 Å². The highest BCUT2D eigenvalue weighted by molar-refractivity contribution is 6.34. The van der Waals surface area contributed by atoms with Crippen LogP contribution in [0.2, 0.25) is 5.02 Å². The number of hydrogen-bond donors (Lipinski definition) is 0. The predicted octanol–water partition coefficient (Wildman–Crippen LogP) is 4.65. The van der Waals surface area contributed by atoms with Crippen molar-refractivity contribution < 1.29 is 14.3 Å². The molecular weight excluding hydrogens is 288 g/mol. The molecule has 0 atom stereocenters. The number of benzene rings is 1. The highest BCUT2D eigenvalue weighted by Crippen LogP contribution is 2.37. The lowest BCUT2D eigenvalue weighted by atomic mass is 9.85. The molecule has 1 aromatic rings. The fourth-order valence-electron chi connectivity index (χ4n) is 3.19. The van der Waals surface area contributed by atoms with E-state index in [1.807, 2.05) is 0 Å². The van der Waals surface area contributed by atoms with Gasteiger partial charge in [0.05, 0.1) is 5.02 Å². The van der Waals surface area contributed by atoms with Crippen LogP contribution >= 0.6 is 11.6 Å². The topological polar surface area (TPSA) is 35.5 Å². The molecule has 1 aliphatic heterocycles. The van der Waals surface area contributed by atoms with Crippen LogP contribution in [0.25, 0.3) is 0 Å². The quantitative estimate of drug-likeness (QED) is 0.746. The predicted molar refractivity (Wildman–Crippen MR) is 82.6 cm³/mol. The molecule has 1 aromatic carbocycles. The van der Waals surface area contributed by atoms with Crippen molar-refractivity contribution in [2.45, 2.75) is 44.9 Å². The van der Waals surface area contributed by atoms with Crippen molar-refractivity contribution in [1.29, 1.82) is 0 Å². The number of hydrogen-bond acceptors (Lipinski definition) is 3. The van der Waals surface area contributed by atoms with Crippen LogP contribution in [0.3, 0.4) is 0 Å². The fraction of sp³-hybridized carbons (Fsp3) is 0.588. The second kappa shape index (κ2) is 6.69. The van der Waals surface area contributed by atoms with Gasteiger partial charge in [-0.3, -0.25) is 4.79 Å². The number of ketones is 1. The Morgan fingerprint density at radius 2 is 1.52 bits per heavy atom. The van der Waals surface area contributed by atoms with Crippen LogP contribution in [0.15, 0.2) is 12.1 Å². The van der Waals surface area contributed by atoms with Crippen molar-refractivity contribution in [2.75, 3.05) is 13.2 Å². The standard InChI is InChI=1S/C17H21ClO3/c18-14-11-16-15(20-8-9-21-16)10-13(14)17(19)12-6-4-2-1-3-5-7-12/h10-12H,1-9H2. The zero-order valence-electron chi connectivity index (χ0n) is 12.2. The van der Waals surface area contributed by atoms with E-state index in [1.165, 1.54) is 19.3 Å². The van der Waals surface area contributed by atoms with Gasteiger partial charge >= 0.3 is 0 Å². The smallest absolute Gasteiger partial charge is 0.167 e. The van der Waals surface area contributed by atoms with E-state index in [0.717, 1.165) is 25.7 Å². The molecule has 2 aliphatic rings. The molecule has 1 fully saturated rings. The summed E-state index contributed by atoms with van der Waals surface area (Å²) in [7, 11) is 0. The summed E-state index contributed by atoms with van der Waals surface area (Å²) < 4.78 is 11.1. The van der Waals surface area contributed by atoms with Crippen LogP contribution in [0.4, 0.5) is 0 Å². The van der Waals surface area contributed by atoms with Crippen LogP contribution in [-0.4, -0.2) is 19.0 Å². The average molecular weight is 309 g/mol. The van der Waals surface area contributed by atoms with Crippen LogP contribution in [0.5, 0.6) is 11.5 Å². The molecule has 0 aromatic heterocycles. The van der Waals surface area contributed by atoms with Gasteiger partial charge in [0.2, 0.25) is 0 Å². The summed E-state index contributed by atoms with van der Waals surface area (Å²) in [6, 6.07) is 3.48. The zero-order chi connectivity index (χ0) is 14.7. The van der Waals surface area contributed by atoms with Crippen LogP contribution in [-0.2, 0) is 0 Å². The van der Waals surface area contributed by atoms with E-state index in [0.29, 0.717) is 35.3 Å². The van der Waals surface area contributed by atoms with Crippen molar-refractivity contribution in [3.05, 3.63) is 22.7 Å². The SMILES string of the molecule is O=C(c1cc2c(cc1Cl)OCCO2)C1CCCCCCC1. The average Bonchev–Trinajstić information content (AvgIpc) is 2.45. The first kappa shape index (κ1) is 14.7. The third-order valence-corrected chi connectivity index (χ3v) is 4.69. The fourth-order valence-corrected chi connectivity index (χ4v) is 3.44. The monoisotopic (exact) mass is 308 g/mol. The molecule has 0 saturated heterocycles. The molecule has 4 heteroatoms. The Morgan fingerprint density at radius 3 is 2.19 bits per heavy atom. The Kier molecular flexibility index (Phi) is 4.69. The molecule has 114 valence electrons. The minimum Gasteiger partial charge on any atom is -0.486 e. The highest BCUT2D eigenvalue weighted by Gasteiger charge is 2.25. The maximum Gasteiger partial charge on any atom is 0.167 e. The lowest BCUT2D eigenvalue weighted by molar-refractivity contribution is 0.0897. The second-order valence-electron chi connectivity index (χ2n) is 5.88. The molecule has 0 bridgehead atoms. The Balaban J connectivity index is 1.82. The molecule has 1 aliphatic carbocycles. The number of fused-ring (bicyclic) bond motifs is 1. The van der Waals surface area contributed by atoms with E-state index in [4.69, 9.17) is 21.1 Å². The number of carbonyl (C=O) groups is 1. The number of carbonyl (C=O) groups excluding carboxylic acids is 1. The van der Waals surface area contributed by atoms with Crippen molar-refractivity contribution >= 4 is 17.4 Å². The number of halogens is 1. The van der Waals surface area contributed by atoms with Crippen LogP contribution < -0.4 is 9.47 Å². The number of rotatable bonds is 2. The first-order valence-electron chi connectivity index (χ1n) is 7.89.